The van der Waals surface area contributed by atoms with Gasteiger partial charge in [0, 0.05) is 11.3 Å². The van der Waals surface area contributed by atoms with Crippen LogP contribution in [0.4, 0.5) is 11.4 Å². The number of hydrogen-bond donors (Lipinski definition) is 5. The number of ether oxygens (including phenoxy) is 1. The van der Waals surface area contributed by atoms with Crippen LogP contribution in [0.3, 0.4) is 0 Å². The monoisotopic (exact) mass is 573 g/mol. The molecule has 3 aromatic rings. The molecule has 0 saturated heterocycles. The lowest BCUT2D eigenvalue weighted by molar-refractivity contribution is -0.144. The van der Waals surface area contributed by atoms with E-state index in [9.17, 15) is 23.1 Å². The van der Waals surface area contributed by atoms with Gasteiger partial charge in [0.15, 0.2) is 11.9 Å². The van der Waals surface area contributed by atoms with Crippen molar-refractivity contribution in [3.05, 3.63) is 81.5 Å². The lowest BCUT2D eigenvalue weighted by Gasteiger charge is -2.28. The summed E-state index contributed by atoms with van der Waals surface area (Å²) in [6.45, 7) is 3.16. The molecule has 1 heterocycles. The number of nitrogens with two attached hydrogens (primary N) is 1. The van der Waals surface area contributed by atoms with Crippen molar-refractivity contribution in [2.45, 2.75) is 19.9 Å². The summed E-state index contributed by atoms with van der Waals surface area (Å²) in [6.07, 6.45) is 0. The first kappa shape index (κ1) is 29.3. The van der Waals surface area contributed by atoms with Gasteiger partial charge < -0.3 is 26.3 Å². The third-order valence-electron chi connectivity index (χ3n) is 5.35. The first-order valence-electron chi connectivity index (χ1n) is 11.6. The molecule has 2 atom stereocenters. The smallest absolute Gasteiger partial charge is 0.331 e. The zero-order valence-electron chi connectivity index (χ0n) is 21.0. The van der Waals surface area contributed by atoms with Gasteiger partial charge in [-0.2, -0.15) is 0 Å². The molecular weight excluding hydrogens is 546 g/mol. The first-order chi connectivity index (χ1) is 18.6. The molecule has 1 aromatic heterocycles. The van der Waals surface area contributed by atoms with E-state index in [1.54, 1.807) is 55.5 Å². The summed E-state index contributed by atoms with van der Waals surface area (Å²) in [6, 6.07) is 14.5. The van der Waals surface area contributed by atoms with Crippen molar-refractivity contribution in [3.8, 4) is 0 Å². The van der Waals surface area contributed by atoms with Crippen LogP contribution in [0, 0.1) is 6.92 Å². The van der Waals surface area contributed by atoms with Gasteiger partial charge in [-0.05, 0) is 62.4 Å². The van der Waals surface area contributed by atoms with Gasteiger partial charge in [-0.25, -0.2) is 9.00 Å². The third-order valence-corrected chi connectivity index (χ3v) is 7.24. The zero-order chi connectivity index (χ0) is 28.5. The van der Waals surface area contributed by atoms with E-state index in [1.807, 2.05) is 6.92 Å². The van der Waals surface area contributed by atoms with Crippen LogP contribution in [0.2, 0.25) is 0 Å². The summed E-state index contributed by atoms with van der Waals surface area (Å²) >= 11 is -1.67. The highest BCUT2D eigenvalue weighted by Crippen LogP contribution is 2.22. The molecule has 2 amide bonds. The minimum absolute atomic E-state index is 0.0393. The van der Waals surface area contributed by atoms with Gasteiger partial charge in [-0.1, -0.05) is 22.9 Å². The SMILES string of the molecule is CCOC(=O)C(CNC(=O)c1ccc(C(=O)Nc2ccc(C(N)=NO)cc2)s1)N(c1ccc(C)cc1)S(=O)O. The Labute approximate surface area is 230 Å². The standard InChI is InChI=1S/C25H27N5O7S2/c1-3-37-25(33)19(30(39(35)36)18-10-4-15(2)5-11-18)14-27-23(31)20-12-13-21(38-20)24(32)28-17-8-6-16(7-9-17)22(26)29-34/h4-13,19,34H,3,14H2,1-2H3,(H2,26,29)(H,27,31)(H,28,32)(H,35,36). The van der Waals surface area contributed by atoms with Crippen LogP contribution < -0.4 is 20.7 Å². The van der Waals surface area contributed by atoms with Crippen molar-refractivity contribution in [2.24, 2.45) is 10.9 Å². The van der Waals surface area contributed by atoms with Crippen molar-refractivity contribution in [2.75, 3.05) is 22.8 Å². The molecule has 0 bridgehead atoms. The normalized spacial score (nSPS) is 12.7. The van der Waals surface area contributed by atoms with Crippen molar-refractivity contribution >= 4 is 57.6 Å². The third kappa shape index (κ3) is 7.63. The number of anilines is 2. The van der Waals surface area contributed by atoms with Crippen LogP contribution in [0.5, 0.6) is 0 Å². The number of oxime groups is 1. The van der Waals surface area contributed by atoms with E-state index < -0.39 is 35.1 Å². The Morgan fingerprint density at radius 1 is 1.05 bits per heavy atom. The highest BCUT2D eigenvalue weighted by molar-refractivity contribution is 7.80. The number of esters is 1. The van der Waals surface area contributed by atoms with Crippen LogP contribution in [0.15, 0.2) is 65.8 Å². The highest BCUT2D eigenvalue weighted by atomic mass is 32.2. The lowest BCUT2D eigenvalue weighted by Crippen LogP contribution is -2.50. The molecule has 0 aliphatic rings. The minimum atomic E-state index is -2.60. The van der Waals surface area contributed by atoms with E-state index in [2.05, 4.69) is 15.8 Å². The first-order valence-corrected chi connectivity index (χ1v) is 13.4. The van der Waals surface area contributed by atoms with Gasteiger partial charge >= 0.3 is 5.97 Å². The zero-order valence-corrected chi connectivity index (χ0v) is 22.6. The van der Waals surface area contributed by atoms with Crippen LogP contribution >= 0.6 is 11.3 Å². The number of benzene rings is 2. The molecule has 0 aliphatic heterocycles. The number of nitrogens with one attached hydrogen (secondary N) is 2. The molecule has 2 unspecified atom stereocenters. The molecule has 3 rings (SSSR count). The maximum atomic E-state index is 12.8. The predicted octanol–water partition coefficient (Wildman–Crippen LogP) is 2.71. The summed E-state index contributed by atoms with van der Waals surface area (Å²) in [5.74, 6) is -1.89. The highest BCUT2D eigenvalue weighted by Gasteiger charge is 2.32. The van der Waals surface area contributed by atoms with Gasteiger partial charge in [0.1, 0.15) is 0 Å². The Balaban J connectivity index is 1.70. The van der Waals surface area contributed by atoms with E-state index in [1.165, 1.54) is 12.1 Å². The van der Waals surface area contributed by atoms with E-state index in [-0.39, 0.29) is 28.7 Å². The number of carbonyl (C=O) groups excluding carboxylic acids is 3. The molecule has 6 N–H and O–H groups in total. The second-order valence-electron chi connectivity index (χ2n) is 8.05. The minimum Gasteiger partial charge on any atom is -0.464 e. The second kappa shape index (κ2) is 13.5. The number of nitrogens with zero attached hydrogens (tertiary/aromatic N) is 2. The molecular formula is C25H27N5O7S2. The van der Waals surface area contributed by atoms with Crippen LogP contribution in [0.1, 0.15) is 37.4 Å². The summed E-state index contributed by atoms with van der Waals surface area (Å²) in [7, 11) is 0. The van der Waals surface area contributed by atoms with Crippen LogP contribution in [0.25, 0.3) is 0 Å². The Hall–Kier alpha value is -4.27. The lowest BCUT2D eigenvalue weighted by atomic mass is 10.2. The summed E-state index contributed by atoms with van der Waals surface area (Å²) < 4.78 is 28.2. The molecule has 39 heavy (non-hydrogen) atoms. The number of amidine groups is 1. The summed E-state index contributed by atoms with van der Waals surface area (Å²) in [5, 5.41) is 16.9. The Morgan fingerprint density at radius 2 is 1.67 bits per heavy atom. The Morgan fingerprint density at radius 3 is 2.23 bits per heavy atom. The van der Waals surface area contributed by atoms with Crippen molar-refractivity contribution in [1.82, 2.24) is 5.32 Å². The van der Waals surface area contributed by atoms with Gasteiger partial charge in [0.25, 0.3) is 23.1 Å². The maximum absolute atomic E-state index is 12.8. The topological polar surface area (TPSA) is 184 Å². The van der Waals surface area contributed by atoms with Gasteiger partial charge in [-0.3, -0.25) is 18.4 Å². The predicted molar refractivity (Wildman–Crippen MR) is 148 cm³/mol. The molecule has 14 heteroatoms. The largest absolute Gasteiger partial charge is 0.464 e. The number of carbonyl (C=O) groups is 3. The second-order valence-corrected chi connectivity index (χ2v) is 9.99. The van der Waals surface area contributed by atoms with Crippen molar-refractivity contribution in [1.29, 1.82) is 0 Å². The van der Waals surface area contributed by atoms with Crippen LogP contribution in [-0.4, -0.2) is 56.8 Å². The maximum Gasteiger partial charge on any atom is 0.331 e. The van der Waals surface area contributed by atoms with E-state index >= 15 is 0 Å². The number of hydrogen-bond acceptors (Lipinski definition) is 8. The van der Waals surface area contributed by atoms with Gasteiger partial charge in [-0.15, -0.1) is 11.3 Å². The Kier molecular flexibility index (Phi) is 10.1. The molecule has 0 aliphatic carbocycles. The number of aryl methyl sites for hydroxylation is 1. The summed E-state index contributed by atoms with van der Waals surface area (Å²) in [4.78, 5) is 38.6. The molecule has 0 saturated carbocycles. The fourth-order valence-electron chi connectivity index (χ4n) is 3.40. The molecule has 2 aromatic carbocycles. The molecule has 0 fully saturated rings. The van der Waals surface area contributed by atoms with Crippen LogP contribution in [-0.2, 0) is 20.8 Å². The van der Waals surface area contributed by atoms with E-state index in [0.29, 0.717) is 16.9 Å². The fraction of sp³-hybridized carbons (Fsp3) is 0.200. The number of amides is 2. The number of rotatable bonds is 11. The van der Waals surface area contributed by atoms with Gasteiger partial charge in [0.05, 0.1) is 28.6 Å². The molecule has 12 nitrogen and oxygen atoms in total. The fourth-order valence-corrected chi connectivity index (χ4v) is 4.90. The summed E-state index contributed by atoms with van der Waals surface area (Å²) in [5.41, 5.74) is 7.67. The van der Waals surface area contributed by atoms with Gasteiger partial charge in [0.2, 0.25) is 0 Å². The van der Waals surface area contributed by atoms with E-state index in [4.69, 9.17) is 15.7 Å². The van der Waals surface area contributed by atoms with Crippen molar-refractivity contribution in [3.63, 3.8) is 0 Å². The molecule has 0 radical (unpaired) electrons. The number of thiophene rings is 1. The molecule has 206 valence electrons. The average molecular weight is 574 g/mol. The van der Waals surface area contributed by atoms with E-state index in [0.717, 1.165) is 21.2 Å². The quantitative estimate of drug-likeness (QED) is 0.0579. The molecule has 0 spiro atoms. The Bertz CT molecular complexity index is 1370. The van der Waals surface area contributed by atoms with Crippen molar-refractivity contribution < 1.29 is 33.1 Å². The average Bonchev–Trinajstić information content (AvgIpc) is 3.42.